The van der Waals surface area contributed by atoms with Gasteiger partial charge >= 0.3 is 0 Å². The van der Waals surface area contributed by atoms with Gasteiger partial charge in [-0.15, -0.1) is 16.4 Å². The molecule has 2 aromatic carbocycles. The van der Waals surface area contributed by atoms with E-state index < -0.39 is 15.8 Å². The highest BCUT2D eigenvalue weighted by atomic mass is 35.5. The summed E-state index contributed by atoms with van der Waals surface area (Å²) >= 11 is 7.27. The van der Waals surface area contributed by atoms with E-state index in [4.69, 9.17) is 11.6 Å². The van der Waals surface area contributed by atoms with Crippen molar-refractivity contribution in [2.45, 2.75) is 11.4 Å². The van der Waals surface area contributed by atoms with Crippen LogP contribution in [0.25, 0.3) is 0 Å². The molecule has 0 unspecified atom stereocenters. The normalized spacial score (nSPS) is 11.4. The second-order valence-electron chi connectivity index (χ2n) is 6.07. The number of halogens is 2. The van der Waals surface area contributed by atoms with E-state index >= 15 is 0 Å². The number of rotatable bonds is 7. The van der Waals surface area contributed by atoms with Crippen LogP contribution in [0.3, 0.4) is 0 Å². The van der Waals surface area contributed by atoms with Crippen LogP contribution < -0.4 is 10.0 Å². The summed E-state index contributed by atoms with van der Waals surface area (Å²) in [5, 5.41) is 9.41. The van der Waals surface area contributed by atoms with Crippen LogP contribution in [-0.2, 0) is 16.6 Å². The van der Waals surface area contributed by atoms with E-state index in [2.05, 4.69) is 25.1 Å². The Balaban J connectivity index is 1.48. The number of hydrogen-bond acceptors (Lipinski definition) is 7. The fraction of sp³-hybridized carbons (Fsp3) is 0.0556. The van der Waals surface area contributed by atoms with Gasteiger partial charge in [0.2, 0.25) is 5.95 Å². The summed E-state index contributed by atoms with van der Waals surface area (Å²) in [6.07, 6.45) is 2.95. The summed E-state index contributed by atoms with van der Waals surface area (Å²) in [4.78, 5) is 7.72. The number of aromatic nitrogens is 4. The van der Waals surface area contributed by atoms with Gasteiger partial charge in [-0.2, -0.15) is 0 Å². The van der Waals surface area contributed by atoms with Crippen LogP contribution in [-0.4, -0.2) is 28.2 Å². The average Bonchev–Trinajstić information content (AvgIpc) is 3.37. The van der Waals surface area contributed by atoms with Crippen molar-refractivity contribution in [1.82, 2.24) is 19.7 Å². The molecule has 4 aromatic rings. The average molecular weight is 465 g/mol. The number of nitrogens with zero attached hydrogens (tertiary/aromatic N) is 4. The number of thiazole rings is 1. The van der Waals surface area contributed by atoms with E-state index in [1.54, 1.807) is 16.1 Å². The number of benzene rings is 2. The molecule has 0 bridgehead atoms. The van der Waals surface area contributed by atoms with Crippen molar-refractivity contribution in [2.24, 2.45) is 0 Å². The molecule has 0 aliphatic carbocycles. The molecule has 8 nitrogen and oxygen atoms in total. The van der Waals surface area contributed by atoms with Gasteiger partial charge in [-0.1, -0.05) is 29.8 Å². The van der Waals surface area contributed by atoms with Crippen LogP contribution in [0.4, 0.5) is 21.2 Å². The largest absolute Gasteiger partial charge is 0.320 e. The van der Waals surface area contributed by atoms with E-state index in [9.17, 15) is 12.8 Å². The van der Waals surface area contributed by atoms with Crippen LogP contribution >= 0.6 is 22.9 Å². The van der Waals surface area contributed by atoms with Gasteiger partial charge in [0.1, 0.15) is 12.1 Å². The van der Waals surface area contributed by atoms with Crippen molar-refractivity contribution in [2.75, 3.05) is 10.0 Å². The van der Waals surface area contributed by atoms with Gasteiger partial charge in [-0.05, 0) is 29.8 Å². The molecule has 2 heterocycles. The molecule has 0 atom stereocenters. The van der Waals surface area contributed by atoms with Gasteiger partial charge in [-0.25, -0.2) is 27.5 Å². The summed E-state index contributed by atoms with van der Waals surface area (Å²) in [6, 6.07) is 10.9. The molecule has 12 heteroatoms. The molecule has 0 saturated heterocycles. The molecule has 0 fully saturated rings. The summed E-state index contributed by atoms with van der Waals surface area (Å²) in [6.45, 7) is 0.399. The molecule has 2 aromatic heterocycles. The van der Waals surface area contributed by atoms with Gasteiger partial charge in [0.25, 0.3) is 10.0 Å². The Morgan fingerprint density at radius 1 is 1.17 bits per heavy atom. The minimum absolute atomic E-state index is 0.0405. The maximum absolute atomic E-state index is 14.5. The van der Waals surface area contributed by atoms with Crippen LogP contribution in [0.2, 0.25) is 5.02 Å². The Hall–Kier alpha value is -3.02. The minimum Gasteiger partial charge on any atom is -0.320 e. The number of anilines is 3. The lowest BCUT2D eigenvalue weighted by Crippen LogP contribution is -2.13. The smallest absolute Gasteiger partial charge is 0.263 e. The first kappa shape index (κ1) is 20.3. The maximum Gasteiger partial charge on any atom is 0.263 e. The second-order valence-corrected chi connectivity index (χ2v) is 9.05. The van der Waals surface area contributed by atoms with Crippen LogP contribution in [0.5, 0.6) is 0 Å². The predicted octanol–water partition coefficient (Wildman–Crippen LogP) is 4.12. The van der Waals surface area contributed by atoms with Crippen LogP contribution in [0, 0.1) is 5.82 Å². The van der Waals surface area contributed by atoms with Gasteiger partial charge in [0.05, 0.1) is 17.1 Å². The Morgan fingerprint density at radius 3 is 2.73 bits per heavy atom. The van der Waals surface area contributed by atoms with Crippen molar-refractivity contribution in [3.8, 4) is 0 Å². The highest BCUT2D eigenvalue weighted by molar-refractivity contribution is 7.93. The maximum atomic E-state index is 14.5. The van der Waals surface area contributed by atoms with Crippen molar-refractivity contribution in [1.29, 1.82) is 0 Å². The lowest BCUT2D eigenvalue weighted by Gasteiger charge is -2.08. The summed E-state index contributed by atoms with van der Waals surface area (Å²) < 4.78 is 43.1. The van der Waals surface area contributed by atoms with Gasteiger partial charge in [0, 0.05) is 16.6 Å². The molecule has 0 radical (unpaired) electrons. The van der Waals surface area contributed by atoms with Crippen molar-refractivity contribution in [3.05, 3.63) is 76.8 Å². The number of hydrogen-bond donors (Lipinski definition) is 2. The van der Waals surface area contributed by atoms with Crippen molar-refractivity contribution < 1.29 is 12.8 Å². The van der Waals surface area contributed by atoms with E-state index in [1.165, 1.54) is 24.7 Å². The molecule has 4 rings (SSSR count). The summed E-state index contributed by atoms with van der Waals surface area (Å²) in [7, 11) is -3.95. The standard InChI is InChI=1S/C18H14ClFN6O2S2/c19-14-4-2-1-3-12(14)10-26-11-22-17(24-26)23-16-6-5-13(9-15(16)20)30(27,28)25-18-21-7-8-29-18/h1-9,11H,10H2,(H,21,25)(H,23,24). The summed E-state index contributed by atoms with van der Waals surface area (Å²) in [5.41, 5.74) is 0.905. The van der Waals surface area contributed by atoms with Gasteiger partial charge < -0.3 is 5.32 Å². The third kappa shape index (κ3) is 4.58. The zero-order valence-electron chi connectivity index (χ0n) is 15.2. The monoisotopic (exact) mass is 464 g/mol. The molecule has 0 saturated carbocycles. The fourth-order valence-corrected chi connectivity index (χ4v) is 4.56. The molecular formula is C18H14ClFN6O2S2. The molecule has 0 aliphatic rings. The molecule has 0 spiro atoms. The number of nitrogens with one attached hydrogen (secondary N) is 2. The third-order valence-corrected chi connectivity index (χ3v) is 6.50. The Morgan fingerprint density at radius 2 is 2.00 bits per heavy atom. The minimum atomic E-state index is -3.95. The molecular weight excluding hydrogens is 451 g/mol. The van der Waals surface area contributed by atoms with E-state index in [0.717, 1.165) is 23.0 Å². The molecule has 0 aliphatic heterocycles. The Kier molecular flexibility index (Phi) is 5.66. The molecule has 2 N–H and O–H groups in total. The number of sulfonamides is 1. The molecule has 154 valence electrons. The highest BCUT2D eigenvalue weighted by Gasteiger charge is 2.18. The first-order valence-corrected chi connectivity index (χ1v) is 11.3. The first-order valence-electron chi connectivity index (χ1n) is 8.52. The quantitative estimate of drug-likeness (QED) is 0.426. The SMILES string of the molecule is O=S(=O)(Nc1nccs1)c1ccc(Nc2ncn(Cc3ccccc3Cl)n2)c(F)c1. The Labute approximate surface area is 180 Å². The van der Waals surface area contributed by atoms with Crippen LogP contribution in [0.1, 0.15) is 5.56 Å². The zero-order valence-corrected chi connectivity index (χ0v) is 17.5. The lowest BCUT2D eigenvalue weighted by atomic mass is 10.2. The molecule has 0 amide bonds. The van der Waals surface area contributed by atoms with E-state index in [-0.39, 0.29) is 21.7 Å². The first-order chi connectivity index (χ1) is 14.4. The topological polar surface area (TPSA) is 102 Å². The third-order valence-electron chi connectivity index (χ3n) is 3.98. The predicted molar refractivity (Wildman–Crippen MR) is 113 cm³/mol. The lowest BCUT2D eigenvalue weighted by molar-refractivity contribution is 0.596. The highest BCUT2D eigenvalue weighted by Crippen LogP contribution is 2.24. The van der Waals surface area contributed by atoms with Crippen molar-refractivity contribution in [3.63, 3.8) is 0 Å². The van der Waals surface area contributed by atoms with Crippen LogP contribution in [0.15, 0.2) is 65.3 Å². The molecule has 30 heavy (non-hydrogen) atoms. The van der Waals surface area contributed by atoms with Gasteiger partial charge in [-0.3, -0.25) is 4.72 Å². The second kappa shape index (κ2) is 8.38. The van der Waals surface area contributed by atoms with Gasteiger partial charge in [0.15, 0.2) is 5.13 Å². The zero-order chi connectivity index (χ0) is 21.1. The summed E-state index contributed by atoms with van der Waals surface area (Å²) in [5.74, 6) is -0.600. The van der Waals surface area contributed by atoms with Crippen molar-refractivity contribution >= 4 is 49.7 Å². The Bertz CT molecular complexity index is 1280. The fourth-order valence-electron chi connectivity index (χ4n) is 2.56. The van der Waals surface area contributed by atoms with E-state index in [1.807, 2.05) is 18.2 Å². The van der Waals surface area contributed by atoms with E-state index in [0.29, 0.717) is 11.6 Å².